The first-order valence-corrected chi connectivity index (χ1v) is 12.2. The van der Waals surface area contributed by atoms with Crippen LogP contribution >= 0.6 is 23.1 Å². The fourth-order valence-electron chi connectivity index (χ4n) is 4.69. The van der Waals surface area contributed by atoms with Crippen molar-refractivity contribution in [2.45, 2.75) is 75.9 Å². The van der Waals surface area contributed by atoms with Crippen molar-refractivity contribution in [1.82, 2.24) is 19.2 Å². The van der Waals surface area contributed by atoms with Crippen LogP contribution in [0.1, 0.15) is 68.4 Å². The molecule has 0 unspecified atom stereocenters. The van der Waals surface area contributed by atoms with Gasteiger partial charge in [0.05, 0.1) is 5.39 Å². The van der Waals surface area contributed by atoms with Crippen LogP contribution in [0.15, 0.2) is 22.1 Å². The molecule has 0 atom stereocenters. The molecule has 0 aromatic carbocycles. The van der Waals surface area contributed by atoms with Gasteiger partial charge in [-0.2, -0.15) is 0 Å². The van der Waals surface area contributed by atoms with E-state index in [9.17, 15) is 4.79 Å². The van der Waals surface area contributed by atoms with Crippen LogP contribution in [-0.2, 0) is 12.8 Å². The predicted octanol–water partition coefficient (Wildman–Crippen LogP) is 5.16. The van der Waals surface area contributed by atoms with E-state index in [-0.39, 0.29) is 5.56 Å². The largest absolute Gasteiger partial charge is 0.298 e. The summed E-state index contributed by atoms with van der Waals surface area (Å²) in [6.45, 7) is 5.99. The first kappa shape index (κ1) is 18.4. The third kappa shape index (κ3) is 2.94. The number of nitrogens with zero attached hydrogens (tertiary/aromatic N) is 4. The van der Waals surface area contributed by atoms with Crippen LogP contribution in [0.2, 0.25) is 0 Å². The molecular formula is C21H26N4OS2. The van der Waals surface area contributed by atoms with E-state index in [1.165, 1.54) is 42.5 Å². The molecule has 28 heavy (non-hydrogen) atoms. The lowest BCUT2D eigenvalue weighted by molar-refractivity contribution is 0.363. The summed E-state index contributed by atoms with van der Waals surface area (Å²) in [6.07, 6.45) is 10.7. The van der Waals surface area contributed by atoms with Gasteiger partial charge < -0.3 is 0 Å². The normalized spacial score (nSPS) is 18.0. The lowest BCUT2D eigenvalue weighted by Crippen LogP contribution is -2.23. The summed E-state index contributed by atoms with van der Waals surface area (Å²) >= 11 is 3.40. The summed E-state index contributed by atoms with van der Waals surface area (Å²) in [4.78, 5) is 16.2. The molecule has 0 N–H and O–H groups in total. The Morgan fingerprint density at radius 2 is 1.96 bits per heavy atom. The number of fused-ring (bicyclic) bond motifs is 4. The van der Waals surface area contributed by atoms with Crippen LogP contribution in [0.4, 0.5) is 0 Å². The Bertz CT molecular complexity index is 1120. The zero-order valence-corrected chi connectivity index (χ0v) is 18.0. The molecule has 1 saturated carbocycles. The van der Waals surface area contributed by atoms with Crippen molar-refractivity contribution in [1.29, 1.82) is 0 Å². The minimum absolute atomic E-state index is 0.0747. The molecule has 1 fully saturated rings. The summed E-state index contributed by atoms with van der Waals surface area (Å²) < 4.78 is 4.16. The van der Waals surface area contributed by atoms with Crippen molar-refractivity contribution in [2.24, 2.45) is 0 Å². The smallest absolute Gasteiger partial charge is 0.270 e. The fraction of sp³-hybridized carbons (Fsp3) is 0.571. The Balaban J connectivity index is 1.80. The zero-order valence-electron chi connectivity index (χ0n) is 16.4. The van der Waals surface area contributed by atoms with Crippen LogP contribution in [0.25, 0.3) is 16.0 Å². The molecule has 2 aliphatic rings. The highest BCUT2D eigenvalue weighted by Gasteiger charge is 2.28. The number of aryl methyl sites for hydroxylation is 2. The summed E-state index contributed by atoms with van der Waals surface area (Å²) in [5.74, 6) is 1.48. The Morgan fingerprint density at radius 3 is 2.75 bits per heavy atom. The van der Waals surface area contributed by atoms with Crippen LogP contribution < -0.4 is 5.56 Å². The second-order valence-corrected chi connectivity index (χ2v) is 10.2. The molecule has 0 bridgehead atoms. The number of thioether (sulfide) groups is 1. The van der Waals surface area contributed by atoms with Gasteiger partial charge in [-0.3, -0.25) is 9.36 Å². The number of hydrogen-bond donors (Lipinski definition) is 0. The molecule has 5 nitrogen and oxygen atoms in total. The Kier molecular flexibility index (Phi) is 4.83. The molecule has 5 rings (SSSR count). The molecule has 3 aromatic heterocycles. The molecule has 0 aliphatic heterocycles. The van der Waals surface area contributed by atoms with Crippen molar-refractivity contribution in [3.63, 3.8) is 0 Å². The second-order valence-electron chi connectivity index (χ2n) is 8.22. The number of hydrogen-bond acceptors (Lipinski definition) is 5. The van der Waals surface area contributed by atoms with Crippen LogP contribution in [0, 0.1) is 0 Å². The molecule has 0 saturated heterocycles. The highest BCUT2D eigenvalue weighted by molar-refractivity contribution is 7.99. The second kappa shape index (κ2) is 7.34. The van der Waals surface area contributed by atoms with Gasteiger partial charge in [0.1, 0.15) is 4.83 Å². The van der Waals surface area contributed by atoms with Crippen molar-refractivity contribution in [3.8, 4) is 0 Å². The van der Waals surface area contributed by atoms with E-state index < -0.39 is 0 Å². The Hall–Kier alpha value is -1.60. The first-order chi connectivity index (χ1) is 13.6. The van der Waals surface area contributed by atoms with E-state index >= 15 is 0 Å². The molecule has 7 heteroatoms. The topological polar surface area (TPSA) is 52.2 Å². The van der Waals surface area contributed by atoms with Gasteiger partial charge in [-0.05, 0) is 51.0 Å². The third-order valence-electron chi connectivity index (χ3n) is 6.01. The highest BCUT2D eigenvalue weighted by Crippen LogP contribution is 2.39. The zero-order chi connectivity index (χ0) is 19.3. The molecular weight excluding hydrogens is 388 g/mol. The molecule has 148 valence electrons. The maximum Gasteiger partial charge on any atom is 0.270 e. The number of thiophene rings is 1. The van der Waals surface area contributed by atoms with Gasteiger partial charge in [0, 0.05) is 16.7 Å². The van der Waals surface area contributed by atoms with E-state index in [4.69, 9.17) is 0 Å². The van der Waals surface area contributed by atoms with E-state index in [0.29, 0.717) is 11.2 Å². The number of aromatic nitrogens is 4. The van der Waals surface area contributed by atoms with Gasteiger partial charge in [0.15, 0.2) is 5.16 Å². The minimum Gasteiger partial charge on any atom is -0.298 e. The lowest BCUT2D eigenvalue weighted by atomic mass is 9.94. The van der Waals surface area contributed by atoms with Gasteiger partial charge in [-0.1, -0.05) is 43.2 Å². The van der Waals surface area contributed by atoms with Gasteiger partial charge >= 0.3 is 0 Å². The monoisotopic (exact) mass is 414 g/mol. The first-order valence-electron chi connectivity index (χ1n) is 10.4. The van der Waals surface area contributed by atoms with E-state index in [2.05, 4.69) is 21.3 Å². The Morgan fingerprint density at radius 1 is 1.18 bits per heavy atom. The van der Waals surface area contributed by atoms with Gasteiger partial charge in [-0.25, -0.2) is 4.40 Å². The third-order valence-corrected chi connectivity index (χ3v) is 8.46. The standard InChI is InChI=1S/C21H26N4OS2/c1-13(2)12-27-21-23-22-20-24(14-8-4-3-5-9-14)19-17(18(26)25(20)21)15-10-6-7-11-16(15)28-19/h14H,1,3-12H2,2H3. The molecule has 3 aromatic rings. The van der Waals surface area contributed by atoms with Crippen molar-refractivity contribution in [3.05, 3.63) is 32.9 Å². The molecule has 3 heterocycles. The van der Waals surface area contributed by atoms with Crippen LogP contribution in [0.5, 0.6) is 0 Å². The fourth-order valence-corrected chi connectivity index (χ4v) is 6.91. The predicted molar refractivity (Wildman–Crippen MR) is 117 cm³/mol. The van der Waals surface area contributed by atoms with E-state index in [0.717, 1.165) is 53.0 Å². The van der Waals surface area contributed by atoms with E-state index in [1.807, 2.05) is 18.3 Å². The maximum absolute atomic E-state index is 13.6. The summed E-state index contributed by atoms with van der Waals surface area (Å²) in [6, 6.07) is 0.419. The van der Waals surface area contributed by atoms with Crippen molar-refractivity contribution in [2.75, 3.05) is 5.75 Å². The summed E-state index contributed by atoms with van der Waals surface area (Å²) in [7, 11) is 0. The summed E-state index contributed by atoms with van der Waals surface area (Å²) in [5.41, 5.74) is 2.45. The molecule has 0 amide bonds. The van der Waals surface area contributed by atoms with Gasteiger partial charge in [0.25, 0.3) is 5.56 Å². The SMILES string of the molecule is C=C(C)CSc1nnc2n(C3CCCCC3)c3sc4c(c3c(=O)n12)CCCC4. The molecule has 0 spiro atoms. The molecule has 2 aliphatic carbocycles. The quantitative estimate of drug-likeness (QED) is 0.437. The van der Waals surface area contributed by atoms with Crippen molar-refractivity contribution < 1.29 is 0 Å². The van der Waals surface area contributed by atoms with Gasteiger partial charge in [0.2, 0.25) is 5.78 Å². The Labute approximate surface area is 172 Å². The average molecular weight is 415 g/mol. The summed E-state index contributed by atoms with van der Waals surface area (Å²) in [5, 5.41) is 10.6. The van der Waals surface area contributed by atoms with E-state index in [1.54, 1.807) is 16.2 Å². The van der Waals surface area contributed by atoms with Crippen LogP contribution in [0.3, 0.4) is 0 Å². The minimum atomic E-state index is 0.0747. The average Bonchev–Trinajstić information content (AvgIpc) is 3.29. The number of rotatable bonds is 4. The molecule has 0 radical (unpaired) electrons. The lowest BCUT2D eigenvalue weighted by Gasteiger charge is -2.25. The van der Waals surface area contributed by atoms with Crippen molar-refractivity contribution >= 4 is 39.1 Å². The highest BCUT2D eigenvalue weighted by atomic mass is 32.2. The maximum atomic E-state index is 13.6. The van der Waals surface area contributed by atoms with Crippen LogP contribution in [-0.4, -0.2) is 24.9 Å². The van der Waals surface area contributed by atoms with Gasteiger partial charge in [-0.15, -0.1) is 21.5 Å².